The van der Waals surface area contributed by atoms with Crippen LogP contribution in [0.5, 0.6) is 0 Å². The van der Waals surface area contributed by atoms with Crippen LogP contribution in [0, 0.1) is 0 Å². The Labute approximate surface area is 95.0 Å². The van der Waals surface area contributed by atoms with Gasteiger partial charge < -0.3 is 5.11 Å². The van der Waals surface area contributed by atoms with Crippen molar-refractivity contribution in [3.8, 4) is 0 Å². The van der Waals surface area contributed by atoms with Gasteiger partial charge in [-0.2, -0.15) is 17.0 Å². The summed E-state index contributed by atoms with van der Waals surface area (Å²) >= 11 is 0. The summed E-state index contributed by atoms with van der Waals surface area (Å²) in [6.07, 6.45) is 3.94. The zero-order valence-electron chi connectivity index (χ0n) is 9.00. The molecule has 6 nitrogen and oxygen atoms in total. The molecule has 0 spiro atoms. The molecule has 16 heavy (non-hydrogen) atoms. The van der Waals surface area contributed by atoms with Gasteiger partial charge in [-0.3, -0.25) is 4.79 Å². The van der Waals surface area contributed by atoms with Crippen LogP contribution >= 0.6 is 0 Å². The summed E-state index contributed by atoms with van der Waals surface area (Å²) in [4.78, 5) is 10.5. The molecule has 1 aliphatic carbocycles. The highest BCUT2D eigenvalue weighted by atomic mass is 32.2. The van der Waals surface area contributed by atoms with Gasteiger partial charge in [0.25, 0.3) is 10.2 Å². The van der Waals surface area contributed by atoms with Crippen LogP contribution in [0.15, 0.2) is 0 Å². The van der Waals surface area contributed by atoms with E-state index in [2.05, 4.69) is 0 Å². The molecule has 0 amide bonds. The Morgan fingerprint density at radius 1 is 1.25 bits per heavy atom. The van der Waals surface area contributed by atoms with Crippen molar-refractivity contribution in [2.75, 3.05) is 19.6 Å². The van der Waals surface area contributed by atoms with Crippen molar-refractivity contribution in [1.82, 2.24) is 8.61 Å². The molecule has 0 radical (unpaired) electrons. The molecular formula is C9H16N2O4S. The maximum absolute atomic E-state index is 12.0. The molecule has 2 fully saturated rings. The molecule has 92 valence electrons. The Hall–Kier alpha value is -0.660. The topological polar surface area (TPSA) is 77.9 Å². The molecule has 1 saturated carbocycles. The molecular weight excluding hydrogens is 232 g/mol. The van der Waals surface area contributed by atoms with Crippen LogP contribution in [0.1, 0.15) is 25.7 Å². The third-order valence-corrected chi connectivity index (χ3v) is 5.27. The number of carboxylic acid groups (broad SMARTS) is 1. The standard InChI is InChI=1S/C9H16N2O4S/c12-9(13)7-10-5-6-11(16(10,14)15)8-3-1-2-4-8/h8H,1-7H2,(H,12,13). The first kappa shape index (κ1) is 11.8. The van der Waals surface area contributed by atoms with Crippen molar-refractivity contribution in [3.63, 3.8) is 0 Å². The van der Waals surface area contributed by atoms with Crippen molar-refractivity contribution >= 4 is 16.2 Å². The minimum atomic E-state index is -3.52. The third-order valence-electron chi connectivity index (χ3n) is 3.24. The lowest BCUT2D eigenvalue weighted by Gasteiger charge is -2.22. The molecule has 1 saturated heterocycles. The SMILES string of the molecule is O=C(O)CN1CCN(C2CCCC2)S1(=O)=O. The predicted octanol–water partition coefficient (Wildman–Crippen LogP) is -0.124. The largest absolute Gasteiger partial charge is 0.480 e. The second-order valence-corrected chi connectivity index (χ2v) is 6.17. The molecule has 0 unspecified atom stereocenters. The lowest BCUT2D eigenvalue weighted by atomic mass is 10.2. The minimum absolute atomic E-state index is 0.0868. The number of carbonyl (C=O) groups is 1. The minimum Gasteiger partial charge on any atom is -0.480 e. The quantitative estimate of drug-likeness (QED) is 0.755. The number of carboxylic acids is 1. The average molecular weight is 248 g/mol. The van der Waals surface area contributed by atoms with E-state index in [9.17, 15) is 13.2 Å². The van der Waals surface area contributed by atoms with E-state index in [-0.39, 0.29) is 6.04 Å². The zero-order chi connectivity index (χ0) is 11.8. The smallest absolute Gasteiger partial charge is 0.318 e. The fourth-order valence-corrected chi connectivity index (χ4v) is 4.25. The van der Waals surface area contributed by atoms with Gasteiger partial charge in [-0.15, -0.1) is 0 Å². The maximum atomic E-state index is 12.0. The molecule has 2 aliphatic rings. The van der Waals surface area contributed by atoms with E-state index in [0.717, 1.165) is 30.0 Å². The molecule has 0 aromatic rings. The molecule has 7 heteroatoms. The number of nitrogens with zero attached hydrogens (tertiary/aromatic N) is 2. The van der Waals surface area contributed by atoms with Crippen LogP contribution in [0.25, 0.3) is 0 Å². The van der Waals surface area contributed by atoms with Gasteiger partial charge in [-0.05, 0) is 12.8 Å². The van der Waals surface area contributed by atoms with E-state index in [1.54, 1.807) is 0 Å². The van der Waals surface area contributed by atoms with Gasteiger partial charge >= 0.3 is 5.97 Å². The van der Waals surface area contributed by atoms with Crippen LogP contribution in [0.3, 0.4) is 0 Å². The predicted molar refractivity (Wildman–Crippen MR) is 57.1 cm³/mol. The summed E-state index contributed by atoms with van der Waals surface area (Å²) in [6, 6.07) is 0.0868. The second-order valence-electron chi connectivity index (χ2n) is 4.28. The highest BCUT2D eigenvalue weighted by Gasteiger charge is 2.42. The summed E-state index contributed by atoms with van der Waals surface area (Å²) < 4.78 is 26.5. The molecule has 0 atom stereocenters. The Morgan fingerprint density at radius 3 is 2.44 bits per heavy atom. The van der Waals surface area contributed by atoms with Crippen LogP contribution in [-0.2, 0) is 15.0 Å². The van der Waals surface area contributed by atoms with E-state index in [4.69, 9.17) is 5.11 Å². The zero-order valence-corrected chi connectivity index (χ0v) is 9.82. The van der Waals surface area contributed by atoms with Gasteiger partial charge in [-0.1, -0.05) is 12.8 Å². The number of hydrogen-bond acceptors (Lipinski definition) is 3. The average Bonchev–Trinajstić information content (AvgIpc) is 2.75. The van der Waals surface area contributed by atoms with E-state index in [1.165, 1.54) is 4.31 Å². The highest BCUT2D eigenvalue weighted by Crippen LogP contribution is 2.29. The molecule has 1 N–H and O–H groups in total. The first-order valence-corrected chi connectivity index (χ1v) is 6.90. The number of hydrogen-bond donors (Lipinski definition) is 1. The van der Waals surface area contributed by atoms with Crippen LogP contribution < -0.4 is 0 Å². The number of rotatable bonds is 3. The molecule has 0 aromatic heterocycles. The van der Waals surface area contributed by atoms with E-state index >= 15 is 0 Å². The fraction of sp³-hybridized carbons (Fsp3) is 0.889. The van der Waals surface area contributed by atoms with Crippen molar-refractivity contribution in [2.24, 2.45) is 0 Å². The second kappa shape index (κ2) is 4.31. The Bertz CT molecular complexity index is 375. The summed E-state index contributed by atoms with van der Waals surface area (Å²) in [5.41, 5.74) is 0. The van der Waals surface area contributed by atoms with Gasteiger partial charge in [0.2, 0.25) is 0 Å². The van der Waals surface area contributed by atoms with E-state index in [1.807, 2.05) is 0 Å². The summed E-state index contributed by atoms with van der Waals surface area (Å²) in [5, 5.41) is 8.63. The van der Waals surface area contributed by atoms with Crippen LogP contribution in [0.2, 0.25) is 0 Å². The monoisotopic (exact) mass is 248 g/mol. The maximum Gasteiger partial charge on any atom is 0.318 e. The van der Waals surface area contributed by atoms with Crippen molar-refractivity contribution in [3.05, 3.63) is 0 Å². The summed E-state index contributed by atoms with van der Waals surface area (Å²) in [5.74, 6) is -1.10. The lowest BCUT2D eigenvalue weighted by molar-refractivity contribution is -0.137. The van der Waals surface area contributed by atoms with Gasteiger partial charge in [0.05, 0.1) is 0 Å². The van der Waals surface area contributed by atoms with Gasteiger partial charge in [-0.25, -0.2) is 0 Å². The molecule has 1 aliphatic heterocycles. The lowest BCUT2D eigenvalue weighted by Crippen LogP contribution is -2.40. The van der Waals surface area contributed by atoms with E-state index < -0.39 is 22.7 Å². The molecule has 1 heterocycles. The van der Waals surface area contributed by atoms with Gasteiger partial charge in [0, 0.05) is 19.1 Å². The van der Waals surface area contributed by atoms with Crippen molar-refractivity contribution in [1.29, 1.82) is 0 Å². The first-order chi connectivity index (χ1) is 7.51. The Morgan fingerprint density at radius 2 is 1.88 bits per heavy atom. The van der Waals surface area contributed by atoms with Crippen molar-refractivity contribution < 1.29 is 18.3 Å². The Balaban J connectivity index is 2.10. The summed E-state index contributed by atoms with van der Waals surface area (Å²) in [7, 11) is -3.52. The first-order valence-electron chi connectivity index (χ1n) is 5.50. The Kier molecular flexibility index (Phi) is 3.18. The normalized spacial score (nSPS) is 27.5. The highest BCUT2D eigenvalue weighted by molar-refractivity contribution is 7.87. The van der Waals surface area contributed by atoms with E-state index in [0.29, 0.717) is 13.1 Å². The van der Waals surface area contributed by atoms with Crippen LogP contribution in [-0.4, -0.2) is 53.8 Å². The summed E-state index contributed by atoms with van der Waals surface area (Å²) in [6.45, 7) is 0.303. The van der Waals surface area contributed by atoms with Crippen LogP contribution in [0.4, 0.5) is 0 Å². The fourth-order valence-electron chi connectivity index (χ4n) is 2.46. The third kappa shape index (κ3) is 2.07. The molecule has 0 aromatic carbocycles. The van der Waals surface area contributed by atoms with Crippen molar-refractivity contribution in [2.45, 2.75) is 31.7 Å². The van der Waals surface area contributed by atoms with Gasteiger partial charge in [0.15, 0.2) is 0 Å². The molecule has 2 rings (SSSR count). The molecule has 0 bridgehead atoms. The van der Waals surface area contributed by atoms with Gasteiger partial charge in [0.1, 0.15) is 6.54 Å². The number of aliphatic carboxylic acids is 1.